The summed E-state index contributed by atoms with van der Waals surface area (Å²) in [7, 11) is 0. The van der Waals surface area contributed by atoms with Gasteiger partial charge in [0.15, 0.2) is 0 Å². The Balaban J connectivity index is 2.01. The number of aromatic nitrogens is 2. The quantitative estimate of drug-likeness (QED) is 0.847. The highest BCUT2D eigenvalue weighted by Crippen LogP contribution is 2.21. The Kier molecular flexibility index (Phi) is 4.31. The number of fused-ring (bicyclic) bond motifs is 1. The molecule has 1 N–H and O–H groups in total. The van der Waals surface area contributed by atoms with Gasteiger partial charge in [-0.05, 0) is 12.3 Å². The Morgan fingerprint density at radius 1 is 1.47 bits per heavy atom. The molecule has 0 saturated heterocycles. The molecule has 0 bridgehead atoms. The second-order valence-electron chi connectivity index (χ2n) is 4.74. The number of nitrogens with zero attached hydrogens (tertiary/aromatic N) is 2. The molecule has 0 spiro atoms. The molecule has 17 heavy (non-hydrogen) atoms. The molecule has 4 nitrogen and oxygen atoms in total. The van der Waals surface area contributed by atoms with E-state index in [0.717, 1.165) is 43.3 Å². The molecule has 1 unspecified atom stereocenters. The third kappa shape index (κ3) is 3.16. The Bertz CT molecular complexity index is 368. The largest absolute Gasteiger partial charge is 0.477 e. The Labute approximate surface area is 103 Å². The topological polar surface area (TPSA) is 47.0 Å². The van der Waals surface area contributed by atoms with Gasteiger partial charge in [-0.2, -0.15) is 0 Å². The molecule has 1 aliphatic rings. The van der Waals surface area contributed by atoms with Crippen molar-refractivity contribution in [2.45, 2.75) is 39.7 Å². The number of hydrogen-bond acceptors (Lipinski definition) is 4. The molecule has 0 radical (unpaired) electrons. The maximum atomic E-state index is 5.83. The van der Waals surface area contributed by atoms with Crippen molar-refractivity contribution in [3.63, 3.8) is 0 Å². The fourth-order valence-corrected chi connectivity index (χ4v) is 2.17. The minimum Gasteiger partial charge on any atom is -0.477 e. The van der Waals surface area contributed by atoms with Gasteiger partial charge in [-0.1, -0.05) is 20.3 Å². The van der Waals surface area contributed by atoms with Crippen molar-refractivity contribution in [2.75, 3.05) is 13.2 Å². The van der Waals surface area contributed by atoms with Crippen LogP contribution in [0.2, 0.25) is 0 Å². The standard InChI is InChI=1S/C13H21N3O/c1-3-4-10(2)8-17-13-11-7-14-6-5-12(11)15-9-16-13/h9-10,14H,3-8H2,1-2H3. The van der Waals surface area contributed by atoms with E-state index in [1.54, 1.807) is 6.33 Å². The Hall–Kier alpha value is -1.16. The van der Waals surface area contributed by atoms with Crippen LogP contribution in [0.25, 0.3) is 0 Å². The van der Waals surface area contributed by atoms with Gasteiger partial charge in [-0.3, -0.25) is 0 Å². The lowest BCUT2D eigenvalue weighted by Gasteiger charge is -2.19. The van der Waals surface area contributed by atoms with E-state index < -0.39 is 0 Å². The highest BCUT2D eigenvalue weighted by atomic mass is 16.5. The van der Waals surface area contributed by atoms with E-state index in [1.165, 1.54) is 12.8 Å². The van der Waals surface area contributed by atoms with Crippen molar-refractivity contribution in [1.82, 2.24) is 15.3 Å². The summed E-state index contributed by atoms with van der Waals surface area (Å²) >= 11 is 0. The van der Waals surface area contributed by atoms with Crippen molar-refractivity contribution in [3.8, 4) is 5.88 Å². The molecule has 0 aliphatic carbocycles. The van der Waals surface area contributed by atoms with Gasteiger partial charge in [0.25, 0.3) is 0 Å². The molecule has 0 saturated carbocycles. The van der Waals surface area contributed by atoms with E-state index >= 15 is 0 Å². The van der Waals surface area contributed by atoms with Gasteiger partial charge < -0.3 is 10.1 Å². The van der Waals surface area contributed by atoms with Crippen LogP contribution in [0.3, 0.4) is 0 Å². The molecule has 2 heterocycles. The van der Waals surface area contributed by atoms with Crippen LogP contribution in [0.15, 0.2) is 6.33 Å². The smallest absolute Gasteiger partial charge is 0.221 e. The first-order valence-electron chi connectivity index (χ1n) is 6.47. The maximum absolute atomic E-state index is 5.83. The summed E-state index contributed by atoms with van der Waals surface area (Å²) in [5.41, 5.74) is 2.28. The molecule has 0 amide bonds. The van der Waals surface area contributed by atoms with Crippen LogP contribution in [0, 0.1) is 5.92 Å². The second-order valence-corrected chi connectivity index (χ2v) is 4.74. The van der Waals surface area contributed by atoms with E-state index in [9.17, 15) is 0 Å². The molecule has 1 atom stereocenters. The van der Waals surface area contributed by atoms with Crippen LogP contribution >= 0.6 is 0 Å². The minimum atomic E-state index is 0.585. The zero-order valence-electron chi connectivity index (χ0n) is 10.7. The molecule has 0 fully saturated rings. The molecule has 1 aliphatic heterocycles. The Morgan fingerprint density at radius 2 is 2.35 bits per heavy atom. The van der Waals surface area contributed by atoms with Crippen LogP contribution in [-0.2, 0) is 13.0 Å². The molecule has 1 aromatic heterocycles. The second kappa shape index (κ2) is 5.96. The van der Waals surface area contributed by atoms with Crippen LogP contribution < -0.4 is 10.1 Å². The summed E-state index contributed by atoms with van der Waals surface area (Å²) in [4.78, 5) is 8.56. The van der Waals surface area contributed by atoms with E-state index in [0.29, 0.717) is 5.92 Å². The van der Waals surface area contributed by atoms with Gasteiger partial charge in [-0.15, -0.1) is 0 Å². The normalized spacial score (nSPS) is 16.4. The van der Waals surface area contributed by atoms with Gasteiger partial charge in [0.05, 0.1) is 12.3 Å². The monoisotopic (exact) mass is 235 g/mol. The molecular weight excluding hydrogens is 214 g/mol. The van der Waals surface area contributed by atoms with Crippen molar-refractivity contribution in [3.05, 3.63) is 17.6 Å². The number of rotatable bonds is 5. The van der Waals surface area contributed by atoms with Crippen LogP contribution in [0.1, 0.15) is 37.9 Å². The summed E-state index contributed by atoms with van der Waals surface area (Å²) in [6, 6.07) is 0. The minimum absolute atomic E-state index is 0.585. The first-order chi connectivity index (χ1) is 8.31. The zero-order chi connectivity index (χ0) is 12.1. The predicted molar refractivity (Wildman–Crippen MR) is 67.0 cm³/mol. The summed E-state index contributed by atoms with van der Waals surface area (Å²) in [5.74, 6) is 1.35. The molecule has 0 aromatic carbocycles. The van der Waals surface area contributed by atoms with Crippen molar-refractivity contribution in [2.24, 2.45) is 5.92 Å². The summed E-state index contributed by atoms with van der Waals surface area (Å²) in [5, 5.41) is 3.33. The average molecular weight is 235 g/mol. The van der Waals surface area contributed by atoms with Crippen LogP contribution in [0.4, 0.5) is 0 Å². The average Bonchev–Trinajstić information content (AvgIpc) is 2.36. The lowest BCUT2D eigenvalue weighted by Crippen LogP contribution is -2.26. The predicted octanol–water partition coefficient (Wildman–Crippen LogP) is 1.94. The number of ether oxygens (including phenoxy) is 1. The van der Waals surface area contributed by atoms with Gasteiger partial charge in [-0.25, -0.2) is 9.97 Å². The van der Waals surface area contributed by atoms with Gasteiger partial charge in [0.1, 0.15) is 6.33 Å². The highest BCUT2D eigenvalue weighted by Gasteiger charge is 2.16. The summed E-state index contributed by atoms with van der Waals surface area (Å²) in [6.45, 7) is 6.99. The number of nitrogens with one attached hydrogen (secondary N) is 1. The van der Waals surface area contributed by atoms with E-state index in [2.05, 4.69) is 29.1 Å². The fourth-order valence-electron chi connectivity index (χ4n) is 2.17. The molecule has 94 valence electrons. The van der Waals surface area contributed by atoms with E-state index in [1.807, 2.05) is 0 Å². The van der Waals surface area contributed by atoms with E-state index in [4.69, 9.17) is 4.74 Å². The van der Waals surface area contributed by atoms with Crippen molar-refractivity contribution < 1.29 is 4.74 Å². The summed E-state index contributed by atoms with van der Waals surface area (Å²) < 4.78 is 5.83. The first-order valence-corrected chi connectivity index (χ1v) is 6.47. The highest BCUT2D eigenvalue weighted by molar-refractivity contribution is 5.31. The molecule has 1 aromatic rings. The van der Waals surface area contributed by atoms with Gasteiger partial charge in [0, 0.05) is 25.1 Å². The zero-order valence-corrected chi connectivity index (χ0v) is 10.7. The maximum Gasteiger partial charge on any atom is 0.221 e. The van der Waals surface area contributed by atoms with Crippen LogP contribution in [0.5, 0.6) is 5.88 Å². The van der Waals surface area contributed by atoms with Gasteiger partial charge in [0.2, 0.25) is 5.88 Å². The molecule has 4 heteroatoms. The Morgan fingerprint density at radius 3 is 3.18 bits per heavy atom. The van der Waals surface area contributed by atoms with Crippen LogP contribution in [-0.4, -0.2) is 23.1 Å². The molecular formula is C13H21N3O. The van der Waals surface area contributed by atoms with Crippen molar-refractivity contribution >= 4 is 0 Å². The third-order valence-electron chi connectivity index (χ3n) is 3.12. The van der Waals surface area contributed by atoms with E-state index in [-0.39, 0.29) is 0 Å². The SMILES string of the molecule is CCCC(C)COc1ncnc2c1CNCC2. The van der Waals surface area contributed by atoms with Crippen molar-refractivity contribution in [1.29, 1.82) is 0 Å². The third-order valence-corrected chi connectivity index (χ3v) is 3.12. The first kappa shape index (κ1) is 12.3. The number of hydrogen-bond donors (Lipinski definition) is 1. The molecule has 2 rings (SSSR count). The lowest BCUT2D eigenvalue weighted by molar-refractivity contribution is 0.239. The summed E-state index contributed by atoms with van der Waals surface area (Å²) in [6.07, 6.45) is 4.99. The van der Waals surface area contributed by atoms with Gasteiger partial charge >= 0.3 is 0 Å². The fraction of sp³-hybridized carbons (Fsp3) is 0.692. The lowest BCUT2D eigenvalue weighted by atomic mass is 10.1.